The molecule has 0 radical (unpaired) electrons. The lowest BCUT2D eigenvalue weighted by Crippen LogP contribution is -2.23. The fourth-order valence-electron chi connectivity index (χ4n) is 2.93. The summed E-state index contributed by atoms with van der Waals surface area (Å²) in [6.45, 7) is 0. The van der Waals surface area contributed by atoms with Crippen LogP contribution in [0.4, 0.5) is 5.69 Å². The molecule has 0 aliphatic heterocycles. The van der Waals surface area contributed by atoms with Crippen LogP contribution in [0.2, 0.25) is 0 Å². The SMILES string of the molecule is COc1ccc(/C=C/N(c2ccccc2C=O)C(O)c2ccc(OC)cc2)cc1. The first-order chi connectivity index (χ1) is 14.2. The van der Waals surface area contributed by atoms with Gasteiger partial charge in [0.15, 0.2) is 12.5 Å². The van der Waals surface area contributed by atoms with E-state index >= 15 is 0 Å². The largest absolute Gasteiger partial charge is 0.497 e. The van der Waals surface area contributed by atoms with Crippen molar-refractivity contribution >= 4 is 18.0 Å². The smallest absolute Gasteiger partial charge is 0.157 e. The Morgan fingerprint density at radius 2 is 1.45 bits per heavy atom. The summed E-state index contributed by atoms with van der Waals surface area (Å²) in [7, 11) is 3.21. The first-order valence-corrected chi connectivity index (χ1v) is 9.13. The number of hydrogen-bond donors (Lipinski definition) is 1. The van der Waals surface area contributed by atoms with Crippen LogP contribution in [0.15, 0.2) is 79.0 Å². The molecule has 0 bridgehead atoms. The van der Waals surface area contributed by atoms with Gasteiger partial charge in [-0.25, -0.2) is 0 Å². The average Bonchev–Trinajstić information content (AvgIpc) is 2.79. The number of carbonyl (C=O) groups excluding carboxylic acids is 1. The summed E-state index contributed by atoms with van der Waals surface area (Å²) in [5, 5.41) is 11.1. The summed E-state index contributed by atoms with van der Waals surface area (Å²) < 4.78 is 10.4. The van der Waals surface area contributed by atoms with Crippen LogP contribution in [0.3, 0.4) is 0 Å². The summed E-state index contributed by atoms with van der Waals surface area (Å²) in [5.74, 6) is 1.47. The average molecular weight is 389 g/mol. The predicted octanol–water partition coefficient (Wildman–Crippen LogP) is 4.68. The molecule has 1 atom stereocenters. The number of ether oxygens (including phenoxy) is 2. The Labute approximate surface area is 170 Å². The zero-order valence-electron chi connectivity index (χ0n) is 16.4. The third-order valence-corrected chi connectivity index (χ3v) is 4.56. The number of methoxy groups -OCH3 is 2. The van der Waals surface area contributed by atoms with Crippen molar-refractivity contribution < 1.29 is 19.4 Å². The highest BCUT2D eigenvalue weighted by Gasteiger charge is 2.19. The lowest BCUT2D eigenvalue weighted by Gasteiger charge is -2.28. The number of aldehydes is 1. The van der Waals surface area contributed by atoms with Crippen molar-refractivity contribution in [3.63, 3.8) is 0 Å². The molecule has 3 aromatic carbocycles. The maximum absolute atomic E-state index is 11.6. The van der Waals surface area contributed by atoms with Crippen LogP contribution in [0, 0.1) is 0 Å². The zero-order valence-corrected chi connectivity index (χ0v) is 16.4. The Hall–Kier alpha value is -3.57. The number of para-hydroxylation sites is 1. The molecule has 3 rings (SSSR count). The molecule has 0 aliphatic carbocycles. The minimum atomic E-state index is -0.989. The van der Waals surface area contributed by atoms with E-state index in [2.05, 4.69) is 0 Å². The quantitative estimate of drug-likeness (QED) is 0.448. The van der Waals surface area contributed by atoms with Crippen LogP contribution < -0.4 is 14.4 Å². The van der Waals surface area contributed by atoms with Crippen molar-refractivity contribution in [2.45, 2.75) is 6.23 Å². The summed E-state index contributed by atoms with van der Waals surface area (Å²) in [4.78, 5) is 13.2. The summed E-state index contributed by atoms with van der Waals surface area (Å²) >= 11 is 0. The third kappa shape index (κ3) is 4.83. The van der Waals surface area contributed by atoms with E-state index in [0.717, 1.165) is 17.6 Å². The maximum atomic E-state index is 11.6. The molecule has 1 N–H and O–H groups in total. The van der Waals surface area contributed by atoms with Gasteiger partial charge in [0.05, 0.1) is 19.9 Å². The summed E-state index contributed by atoms with van der Waals surface area (Å²) in [6.07, 6.45) is 3.42. The topological polar surface area (TPSA) is 59.0 Å². The molecule has 29 heavy (non-hydrogen) atoms. The van der Waals surface area contributed by atoms with E-state index in [-0.39, 0.29) is 0 Å². The second kappa shape index (κ2) is 9.57. The van der Waals surface area contributed by atoms with Crippen LogP contribution in [0.5, 0.6) is 11.5 Å². The number of nitrogens with zero attached hydrogens (tertiary/aromatic N) is 1. The molecule has 0 aromatic heterocycles. The van der Waals surface area contributed by atoms with Crippen molar-refractivity contribution in [3.05, 3.63) is 95.7 Å². The molecule has 0 heterocycles. The van der Waals surface area contributed by atoms with Crippen molar-refractivity contribution in [1.82, 2.24) is 0 Å². The first-order valence-electron chi connectivity index (χ1n) is 9.13. The fourth-order valence-corrected chi connectivity index (χ4v) is 2.93. The summed E-state index contributed by atoms with van der Waals surface area (Å²) in [6, 6.07) is 21.9. The molecule has 148 valence electrons. The Morgan fingerprint density at radius 1 is 0.862 bits per heavy atom. The Bertz CT molecular complexity index is 965. The molecule has 5 nitrogen and oxygen atoms in total. The molecule has 0 spiro atoms. The number of benzene rings is 3. The van der Waals surface area contributed by atoms with Crippen molar-refractivity contribution in [2.75, 3.05) is 19.1 Å². The van der Waals surface area contributed by atoms with Crippen LogP contribution >= 0.6 is 0 Å². The van der Waals surface area contributed by atoms with E-state index < -0.39 is 6.23 Å². The normalized spacial score (nSPS) is 11.8. The molecule has 0 fully saturated rings. The van der Waals surface area contributed by atoms with Gasteiger partial charge in [-0.05, 0) is 48.0 Å². The lowest BCUT2D eigenvalue weighted by molar-refractivity contribution is 0.112. The molecule has 0 saturated heterocycles. The molecular formula is C24H23NO4. The van der Waals surface area contributed by atoms with Gasteiger partial charge in [0.2, 0.25) is 0 Å². The molecule has 1 unspecified atom stereocenters. The fraction of sp³-hybridized carbons (Fsp3) is 0.125. The standard InChI is InChI=1S/C24H23NO4/c1-28-21-11-7-18(8-12-21)15-16-25(23-6-4-3-5-20(23)17-26)24(27)19-9-13-22(29-2)14-10-19/h3-17,24,27H,1-2H3/b16-15+. The second-order valence-electron chi connectivity index (χ2n) is 6.32. The second-order valence-corrected chi connectivity index (χ2v) is 6.32. The Morgan fingerprint density at radius 3 is 2.03 bits per heavy atom. The Kier molecular flexibility index (Phi) is 6.66. The predicted molar refractivity (Wildman–Crippen MR) is 114 cm³/mol. The summed E-state index contributed by atoms with van der Waals surface area (Å²) in [5.41, 5.74) is 2.70. The Balaban J connectivity index is 1.98. The van der Waals surface area contributed by atoms with Gasteiger partial charge < -0.3 is 19.5 Å². The van der Waals surface area contributed by atoms with Gasteiger partial charge in [-0.3, -0.25) is 4.79 Å². The van der Waals surface area contributed by atoms with Crippen molar-refractivity contribution in [2.24, 2.45) is 0 Å². The van der Waals surface area contributed by atoms with Gasteiger partial charge in [-0.15, -0.1) is 0 Å². The minimum absolute atomic E-state index is 0.486. The minimum Gasteiger partial charge on any atom is -0.497 e. The zero-order chi connectivity index (χ0) is 20.6. The molecule has 0 aliphatic rings. The first kappa shape index (κ1) is 20.2. The molecule has 0 amide bonds. The number of carbonyl (C=O) groups is 1. The van der Waals surface area contributed by atoms with E-state index in [4.69, 9.17) is 9.47 Å². The maximum Gasteiger partial charge on any atom is 0.157 e. The molecule has 0 saturated carbocycles. The van der Waals surface area contributed by atoms with Gasteiger partial charge in [-0.2, -0.15) is 0 Å². The van der Waals surface area contributed by atoms with E-state index in [0.29, 0.717) is 22.6 Å². The van der Waals surface area contributed by atoms with Gasteiger partial charge >= 0.3 is 0 Å². The van der Waals surface area contributed by atoms with Gasteiger partial charge in [-0.1, -0.05) is 36.4 Å². The van der Waals surface area contributed by atoms with E-state index in [1.807, 2.05) is 36.4 Å². The van der Waals surface area contributed by atoms with Crippen LogP contribution in [-0.2, 0) is 0 Å². The number of aliphatic hydroxyl groups is 1. The number of aliphatic hydroxyl groups excluding tert-OH is 1. The van der Waals surface area contributed by atoms with Gasteiger partial charge in [0, 0.05) is 17.3 Å². The number of rotatable bonds is 8. The van der Waals surface area contributed by atoms with E-state index in [9.17, 15) is 9.90 Å². The van der Waals surface area contributed by atoms with Crippen LogP contribution in [0.25, 0.3) is 6.08 Å². The molecule has 3 aromatic rings. The highest BCUT2D eigenvalue weighted by Crippen LogP contribution is 2.29. The third-order valence-electron chi connectivity index (χ3n) is 4.56. The molecular weight excluding hydrogens is 366 g/mol. The number of hydrogen-bond acceptors (Lipinski definition) is 5. The van der Waals surface area contributed by atoms with Crippen LogP contribution in [0.1, 0.15) is 27.7 Å². The van der Waals surface area contributed by atoms with E-state index in [1.54, 1.807) is 67.8 Å². The highest BCUT2D eigenvalue weighted by molar-refractivity contribution is 5.85. The van der Waals surface area contributed by atoms with Crippen LogP contribution in [-0.4, -0.2) is 25.6 Å². The van der Waals surface area contributed by atoms with Crippen molar-refractivity contribution in [3.8, 4) is 11.5 Å². The van der Waals surface area contributed by atoms with Crippen molar-refractivity contribution in [1.29, 1.82) is 0 Å². The van der Waals surface area contributed by atoms with Gasteiger partial charge in [0.1, 0.15) is 11.5 Å². The molecule has 5 heteroatoms. The monoisotopic (exact) mass is 389 g/mol. The highest BCUT2D eigenvalue weighted by atomic mass is 16.5. The number of anilines is 1. The van der Waals surface area contributed by atoms with E-state index in [1.165, 1.54) is 0 Å². The van der Waals surface area contributed by atoms with Gasteiger partial charge in [0.25, 0.3) is 0 Å². The lowest BCUT2D eigenvalue weighted by atomic mass is 10.1.